The highest BCUT2D eigenvalue weighted by molar-refractivity contribution is 6.02. The number of hydrogen-bond donors (Lipinski definition) is 0. The zero-order valence-electron chi connectivity index (χ0n) is 21.6. The molecule has 3 fully saturated rings. The van der Waals surface area contributed by atoms with Gasteiger partial charge < -0.3 is 14.2 Å². The molecule has 0 aromatic rings. The van der Waals surface area contributed by atoms with Gasteiger partial charge in [0.2, 0.25) is 5.78 Å². The molecule has 3 saturated carbocycles. The van der Waals surface area contributed by atoms with Crippen LogP contribution in [0.1, 0.15) is 72.1 Å². The first-order valence-electron chi connectivity index (χ1n) is 12.9. The van der Waals surface area contributed by atoms with Crippen molar-refractivity contribution >= 4 is 29.5 Å². The average Bonchev–Trinajstić information content (AvgIpc) is 3.13. The van der Waals surface area contributed by atoms with Gasteiger partial charge >= 0.3 is 12.1 Å². The van der Waals surface area contributed by atoms with Crippen molar-refractivity contribution in [1.82, 2.24) is 0 Å². The van der Waals surface area contributed by atoms with E-state index in [9.17, 15) is 24.0 Å². The number of Topliss-reactive ketones (excluding diaryl/α,β-unsaturated/α-hetero) is 2. The summed E-state index contributed by atoms with van der Waals surface area (Å²) in [7, 11) is 1.18. The van der Waals surface area contributed by atoms with Crippen molar-refractivity contribution in [2.45, 2.75) is 77.7 Å². The fraction of sp³-hybridized carbons (Fsp3) is 0.679. The van der Waals surface area contributed by atoms with E-state index in [-0.39, 0.29) is 48.6 Å². The Balaban J connectivity index is 1.66. The van der Waals surface area contributed by atoms with E-state index in [1.165, 1.54) is 7.11 Å². The normalized spacial score (nSPS) is 36.8. The number of methoxy groups -OCH3 is 1. The number of rotatable bonds is 7. The molecule has 0 radical (unpaired) electrons. The maximum Gasteiger partial charge on any atom is 0.509 e. The van der Waals surface area contributed by atoms with Gasteiger partial charge in [0.15, 0.2) is 18.0 Å². The van der Waals surface area contributed by atoms with Crippen LogP contribution in [0, 0.1) is 28.6 Å². The SMILES string of the molecule is CCCCC(=O)OCC(=O)[C@@]1(OC(=O)OC)CC[C@H]2[C@@H]3CCC4=CC(=O)C=C[C@]4(C)[C@H]3C(=O)C[C@@]21C. The lowest BCUT2D eigenvalue weighted by Crippen LogP contribution is -2.62. The second kappa shape index (κ2) is 9.60. The minimum atomic E-state index is -1.62. The summed E-state index contributed by atoms with van der Waals surface area (Å²) in [6.07, 6.45) is 8.06. The number of allylic oxidation sites excluding steroid dienone is 4. The second-order valence-electron chi connectivity index (χ2n) is 11.1. The first-order chi connectivity index (χ1) is 17.0. The summed E-state index contributed by atoms with van der Waals surface area (Å²) < 4.78 is 15.8. The summed E-state index contributed by atoms with van der Waals surface area (Å²) in [5.74, 6) is -1.45. The molecule has 0 heterocycles. The molecule has 4 aliphatic rings. The van der Waals surface area contributed by atoms with Crippen LogP contribution in [0.3, 0.4) is 0 Å². The van der Waals surface area contributed by atoms with Crippen molar-refractivity contribution in [2.75, 3.05) is 13.7 Å². The molecule has 36 heavy (non-hydrogen) atoms. The second-order valence-corrected chi connectivity index (χ2v) is 11.1. The van der Waals surface area contributed by atoms with Crippen LogP contribution in [0.5, 0.6) is 0 Å². The number of fused-ring (bicyclic) bond motifs is 5. The van der Waals surface area contributed by atoms with E-state index in [2.05, 4.69) is 0 Å². The van der Waals surface area contributed by atoms with Crippen LogP contribution in [-0.2, 0) is 33.4 Å². The molecule has 8 nitrogen and oxygen atoms in total. The van der Waals surface area contributed by atoms with E-state index >= 15 is 0 Å². The fourth-order valence-corrected chi connectivity index (χ4v) is 7.54. The van der Waals surface area contributed by atoms with E-state index in [0.29, 0.717) is 25.7 Å². The van der Waals surface area contributed by atoms with Crippen LogP contribution in [0.15, 0.2) is 23.8 Å². The number of ketones is 3. The number of unbranched alkanes of at least 4 members (excludes halogenated alkanes) is 1. The van der Waals surface area contributed by atoms with Gasteiger partial charge in [-0.15, -0.1) is 0 Å². The molecule has 0 N–H and O–H groups in total. The van der Waals surface area contributed by atoms with Gasteiger partial charge in [-0.25, -0.2) is 4.79 Å². The largest absolute Gasteiger partial charge is 0.509 e. The van der Waals surface area contributed by atoms with Crippen molar-refractivity contribution < 1.29 is 38.2 Å². The molecular weight excluding hydrogens is 464 g/mol. The van der Waals surface area contributed by atoms with Gasteiger partial charge in [0, 0.05) is 29.6 Å². The van der Waals surface area contributed by atoms with Crippen LogP contribution < -0.4 is 0 Å². The molecule has 0 aliphatic heterocycles. The molecule has 0 aromatic heterocycles. The van der Waals surface area contributed by atoms with Crippen molar-refractivity contribution in [3.8, 4) is 0 Å². The highest BCUT2D eigenvalue weighted by Crippen LogP contribution is 2.67. The molecule has 0 saturated heterocycles. The maximum atomic E-state index is 13.9. The molecule has 4 aliphatic carbocycles. The number of esters is 1. The quantitative estimate of drug-likeness (QED) is 0.476. The summed E-state index contributed by atoms with van der Waals surface area (Å²) in [6, 6.07) is 0. The Morgan fingerprint density at radius 2 is 1.89 bits per heavy atom. The summed E-state index contributed by atoms with van der Waals surface area (Å²) in [5, 5.41) is 0. The van der Waals surface area contributed by atoms with E-state index in [1.807, 2.05) is 26.8 Å². The van der Waals surface area contributed by atoms with Gasteiger partial charge in [-0.3, -0.25) is 19.2 Å². The molecule has 4 rings (SSSR count). The number of ether oxygens (including phenoxy) is 3. The van der Waals surface area contributed by atoms with Crippen LogP contribution >= 0.6 is 0 Å². The van der Waals surface area contributed by atoms with Crippen LogP contribution in [0.25, 0.3) is 0 Å². The number of carbonyl (C=O) groups excluding carboxylic acids is 5. The number of carbonyl (C=O) groups is 5. The Bertz CT molecular complexity index is 1040. The Morgan fingerprint density at radius 3 is 2.58 bits per heavy atom. The molecule has 0 amide bonds. The van der Waals surface area contributed by atoms with Crippen molar-refractivity contribution in [1.29, 1.82) is 0 Å². The van der Waals surface area contributed by atoms with Gasteiger partial charge in [0.25, 0.3) is 0 Å². The van der Waals surface area contributed by atoms with Crippen LogP contribution in [0.4, 0.5) is 4.79 Å². The molecule has 196 valence electrons. The molecule has 0 unspecified atom stereocenters. The molecule has 0 spiro atoms. The monoisotopic (exact) mass is 500 g/mol. The Hall–Kier alpha value is -2.77. The van der Waals surface area contributed by atoms with E-state index < -0.39 is 40.9 Å². The van der Waals surface area contributed by atoms with Gasteiger partial charge in [0.05, 0.1) is 7.11 Å². The Kier molecular flexibility index (Phi) is 7.01. The summed E-state index contributed by atoms with van der Waals surface area (Å²) in [6.45, 7) is 5.31. The fourth-order valence-electron chi connectivity index (χ4n) is 7.54. The van der Waals surface area contributed by atoms with Gasteiger partial charge in [-0.2, -0.15) is 0 Å². The lowest BCUT2D eigenvalue weighted by molar-refractivity contribution is -0.176. The van der Waals surface area contributed by atoms with Crippen molar-refractivity contribution in [3.05, 3.63) is 23.8 Å². The molecule has 0 aromatic carbocycles. The molecular formula is C28H36O8. The summed E-state index contributed by atoms with van der Waals surface area (Å²) in [5.41, 5.74) is -2.13. The lowest BCUT2D eigenvalue weighted by atomic mass is 9.46. The van der Waals surface area contributed by atoms with Gasteiger partial charge in [0.1, 0.15) is 5.78 Å². The summed E-state index contributed by atoms with van der Waals surface area (Å²) >= 11 is 0. The Labute approximate surface area is 211 Å². The third-order valence-corrected chi connectivity index (χ3v) is 9.35. The van der Waals surface area contributed by atoms with Crippen molar-refractivity contribution in [3.63, 3.8) is 0 Å². The smallest absolute Gasteiger partial charge is 0.457 e. The average molecular weight is 501 g/mol. The molecule has 8 heteroatoms. The first-order valence-corrected chi connectivity index (χ1v) is 12.9. The first kappa shape index (κ1) is 26.3. The van der Waals surface area contributed by atoms with E-state index in [4.69, 9.17) is 14.2 Å². The predicted octanol–water partition coefficient (Wildman–Crippen LogP) is 4.30. The predicted molar refractivity (Wildman–Crippen MR) is 129 cm³/mol. The van der Waals surface area contributed by atoms with Crippen LogP contribution in [-0.4, -0.2) is 48.8 Å². The van der Waals surface area contributed by atoms with Crippen LogP contribution in [0.2, 0.25) is 0 Å². The van der Waals surface area contributed by atoms with E-state index in [0.717, 1.165) is 12.0 Å². The zero-order valence-corrected chi connectivity index (χ0v) is 21.6. The third kappa shape index (κ3) is 4.02. The van der Waals surface area contributed by atoms with Gasteiger partial charge in [-0.05, 0) is 56.1 Å². The zero-order chi connectivity index (χ0) is 26.3. The maximum absolute atomic E-state index is 13.9. The van der Waals surface area contributed by atoms with E-state index in [1.54, 1.807) is 12.2 Å². The van der Waals surface area contributed by atoms with Gasteiger partial charge in [-0.1, -0.05) is 38.8 Å². The standard InChI is InChI=1S/C28H36O8/c1-5-6-7-23(32)35-16-22(31)28(36-25(33)34-4)13-11-20-19-9-8-17-14-18(29)10-12-26(17,2)24(19)21(30)15-27(20,28)3/h10,12,14,19-20,24H,5-9,11,13,15-16H2,1-4H3/t19-,20-,24+,26-,27-,28-/m0/s1. The lowest BCUT2D eigenvalue weighted by Gasteiger charge is -2.57. The van der Waals surface area contributed by atoms with Crippen molar-refractivity contribution in [2.24, 2.45) is 28.6 Å². The third-order valence-electron chi connectivity index (χ3n) is 9.35. The summed E-state index contributed by atoms with van der Waals surface area (Å²) in [4.78, 5) is 64.0. The topological polar surface area (TPSA) is 113 Å². The number of hydrogen-bond acceptors (Lipinski definition) is 8. The highest BCUT2D eigenvalue weighted by atomic mass is 16.7. The highest BCUT2D eigenvalue weighted by Gasteiger charge is 2.70. The molecule has 0 bridgehead atoms. The minimum absolute atomic E-state index is 0.00155. The Morgan fingerprint density at radius 1 is 1.14 bits per heavy atom. The minimum Gasteiger partial charge on any atom is -0.457 e. The molecule has 6 atom stereocenters.